The third kappa shape index (κ3) is 1.80. The molecule has 0 saturated heterocycles. The topological polar surface area (TPSA) is 57.2 Å². The van der Waals surface area contributed by atoms with Gasteiger partial charge in [-0.15, -0.1) is 0 Å². The zero-order valence-electron chi connectivity index (χ0n) is 9.05. The molecule has 1 aromatic heterocycles. The van der Waals surface area contributed by atoms with Gasteiger partial charge in [0.2, 0.25) is 0 Å². The molecule has 0 aliphatic heterocycles. The van der Waals surface area contributed by atoms with E-state index in [4.69, 9.17) is 9.68 Å². The van der Waals surface area contributed by atoms with Crippen LogP contribution in [0.25, 0.3) is 11.0 Å². The van der Waals surface area contributed by atoms with E-state index in [2.05, 4.69) is 6.07 Å². The zero-order valence-corrected chi connectivity index (χ0v) is 9.05. The fourth-order valence-electron chi connectivity index (χ4n) is 1.73. The first-order valence-electron chi connectivity index (χ1n) is 5.32. The molecular formula is C13H13NO2. The number of nitriles is 1. The van der Waals surface area contributed by atoms with Crippen LogP contribution in [-0.4, -0.2) is 5.11 Å². The molecule has 0 saturated carbocycles. The maximum absolute atomic E-state index is 9.97. The quantitative estimate of drug-likeness (QED) is 0.856. The molecule has 1 heterocycles. The van der Waals surface area contributed by atoms with E-state index < -0.39 is 12.0 Å². The van der Waals surface area contributed by atoms with E-state index in [1.165, 1.54) is 0 Å². The number of hydrogen-bond donors (Lipinski definition) is 1. The molecule has 2 aromatic rings. The Balaban J connectivity index is 2.37. The van der Waals surface area contributed by atoms with Crippen LogP contribution in [0.5, 0.6) is 0 Å². The minimum atomic E-state index is -0.845. The third-order valence-corrected chi connectivity index (χ3v) is 2.72. The second kappa shape index (κ2) is 4.38. The standard InChI is InChI=1S/C13H13NO2/c1-2-9(8-14)13(15)12-7-10-5-3-4-6-11(10)16-12/h3-7,9,13,15H,2H2,1H3. The number of aliphatic hydroxyl groups is 1. The number of fused-ring (bicyclic) bond motifs is 1. The van der Waals surface area contributed by atoms with E-state index in [-0.39, 0.29) is 0 Å². The predicted molar refractivity (Wildman–Crippen MR) is 60.6 cm³/mol. The van der Waals surface area contributed by atoms with Crippen molar-refractivity contribution in [3.63, 3.8) is 0 Å². The summed E-state index contributed by atoms with van der Waals surface area (Å²) in [6.45, 7) is 1.87. The Morgan fingerprint density at radius 2 is 2.19 bits per heavy atom. The third-order valence-electron chi connectivity index (χ3n) is 2.72. The summed E-state index contributed by atoms with van der Waals surface area (Å²) in [6.07, 6.45) is -0.239. The molecule has 2 rings (SSSR count). The Hall–Kier alpha value is -1.79. The Morgan fingerprint density at radius 3 is 2.81 bits per heavy atom. The molecule has 2 atom stereocenters. The minimum Gasteiger partial charge on any atom is -0.458 e. The molecule has 0 aliphatic rings. The number of para-hydroxylation sites is 1. The number of benzene rings is 1. The van der Waals surface area contributed by atoms with E-state index in [9.17, 15) is 5.11 Å². The highest BCUT2D eigenvalue weighted by Crippen LogP contribution is 2.29. The van der Waals surface area contributed by atoms with Crippen LogP contribution >= 0.6 is 0 Å². The fraction of sp³-hybridized carbons (Fsp3) is 0.308. The molecule has 2 unspecified atom stereocenters. The Bertz CT molecular complexity index is 491. The molecule has 0 radical (unpaired) electrons. The van der Waals surface area contributed by atoms with Gasteiger partial charge in [0.15, 0.2) is 0 Å². The van der Waals surface area contributed by atoms with Gasteiger partial charge in [0.1, 0.15) is 17.4 Å². The van der Waals surface area contributed by atoms with E-state index in [1.807, 2.05) is 31.2 Å². The van der Waals surface area contributed by atoms with Gasteiger partial charge in [0.25, 0.3) is 0 Å². The number of rotatable bonds is 3. The lowest BCUT2D eigenvalue weighted by atomic mass is 9.99. The molecule has 82 valence electrons. The molecule has 0 spiro atoms. The van der Waals surface area contributed by atoms with Gasteiger partial charge in [-0.3, -0.25) is 0 Å². The summed E-state index contributed by atoms with van der Waals surface area (Å²) in [5.74, 6) is 0.0511. The maximum atomic E-state index is 9.97. The van der Waals surface area contributed by atoms with Gasteiger partial charge in [0, 0.05) is 5.39 Å². The smallest absolute Gasteiger partial charge is 0.135 e. The first-order chi connectivity index (χ1) is 7.76. The average molecular weight is 215 g/mol. The summed E-state index contributed by atoms with van der Waals surface area (Å²) in [7, 11) is 0. The molecule has 3 nitrogen and oxygen atoms in total. The molecule has 0 amide bonds. The van der Waals surface area contributed by atoms with Crippen LogP contribution in [0.3, 0.4) is 0 Å². The Kier molecular flexibility index (Phi) is 2.93. The molecule has 3 heteroatoms. The molecule has 1 aromatic carbocycles. The number of furan rings is 1. The van der Waals surface area contributed by atoms with E-state index >= 15 is 0 Å². The van der Waals surface area contributed by atoms with E-state index in [0.29, 0.717) is 12.2 Å². The first kappa shape index (κ1) is 10.7. The van der Waals surface area contributed by atoms with Crippen molar-refractivity contribution in [1.82, 2.24) is 0 Å². The van der Waals surface area contributed by atoms with E-state index in [0.717, 1.165) is 11.0 Å². The number of aliphatic hydroxyl groups excluding tert-OH is 1. The summed E-state index contributed by atoms with van der Waals surface area (Å²) in [5, 5.41) is 19.8. The van der Waals surface area contributed by atoms with Crippen LogP contribution in [0.4, 0.5) is 0 Å². The molecule has 0 fully saturated rings. The highest BCUT2D eigenvalue weighted by atomic mass is 16.4. The van der Waals surface area contributed by atoms with Crippen LogP contribution in [0.2, 0.25) is 0 Å². The van der Waals surface area contributed by atoms with Crippen molar-refractivity contribution >= 4 is 11.0 Å². The molecule has 16 heavy (non-hydrogen) atoms. The number of hydrogen-bond acceptors (Lipinski definition) is 3. The van der Waals surface area contributed by atoms with Crippen LogP contribution in [-0.2, 0) is 0 Å². The number of nitrogens with zero attached hydrogens (tertiary/aromatic N) is 1. The van der Waals surface area contributed by atoms with Gasteiger partial charge < -0.3 is 9.52 Å². The van der Waals surface area contributed by atoms with Crippen molar-refractivity contribution in [3.8, 4) is 6.07 Å². The van der Waals surface area contributed by atoms with Gasteiger partial charge in [-0.25, -0.2) is 0 Å². The monoisotopic (exact) mass is 215 g/mol. The van der Waals surface area contributed by atoms with Crippen LogP contribution in [0, 0.1) is 17.2 Å². The second-order valence-corrected chi connectivity index (χ2v) is 3.78. The first-order valence-corrected chi connectivity index (χ1v) is 5.32. The summed E-state index contributed by atoms with van der Waals surface area (Å²) in [5.41, 5.74) is 0.740. The van der Waals surface area contributed by atoms with Crippen LogP contribution < -0.4 is 0 Å². The average Bonchev–Trinajstić information content (AvgIpc) is 2.74. The molecule has 0 aliphatic carbocycles. The normalized spacial score (nSPS) is 14.6. The molecule has 1 N–H and O–H groups in total. The Morgan fingerprint density at radius 1 is 1.44 bits per heavy atom. The highest BCUT2D eigenvalue weighted by molar-refractivity contribution is 5.77. The van der Waals surface area contributed by atoms with Crippen molar-refractivity contribution in [2.75, 3.05) is 0 Å². The summed E-state index contributed by atoms with van der Waals surface area (Å²) >= 11 is 0. The van der Waals surface area contributed by atoms with Crippen molar-refractivity contribution in [2.24, 2.45) is 5.92 Å². The lowest BCUT2D eigenvalue weighted by Gasteiger charge is -2.11. The largest absolute Gasteiger partial charge is 0.458 e. The van der Waals surface area contributed by atoms with Crippen LogP contribution in [0.1, 0.15) is 25.2 Å². The highest BCUT2D eigenvalue weighted by Gasteiger charge is 2.22. The summed E-state index contributed by atoms with van der Waals surface area (Å²) in [6, 6.07) is 11.4. The lowest BCUT2D eigenvalue weighted by Crippen LogP contribution is -2.08. The van der Waals surface area contributed by atoms with Gasteiger partial charge in [-0.05, 0) is 18.6 Å². The minimum absolute atomic E-state index is 0.416. The summed E-state index contributed by atoms with van der Waals surface area (Å²) in [4.78, 5) is 0. The predicted octanol–water partition coefficient (Wildman–Crippen LogP) is 3.02. The van der Waals surface area contributed by atoms with Crippen molar-refractivity contribution in [2.45, 2.75) is 19.4 Å². The zero-order chi connectivity index (χ0) is 11.5. The molecule has 0 bridgehead atoms. The van der Waals surface area contributed by atoms with Gasteiger partial charge in [-0.1, -0.05) is 25.1 Å². The van der Waals surface area contributed by atoms with Gasteiger partial charge >= 0.3 is 0 Å². The summed E-state index contributed by atoms with van der Waals surface area (Å²) < 4.78 is 5.51. The fourth-order valence-corrected chi connectivity index (χ4v) is 1.73. The van der Waals surface area contributed by atoms with Gasteiger partial charge in [0.05, 0.1) is 12.0 Å². The SMILES string of the molecule is CCC(C#N)C(O)c1cc2ccccc2o1. The Labute approximate surface area is 93.9 Å². The lowest BCUT2D eigenvalue weighted by molar-refractivity contribution is 0.110. The molecular weight excluding hydrogens is 202 g/mol. The van der Waals surface area contributed by atoms with Crippen LogP contribution in [0.15, 0.2) is 34.7 Å². The maximum Gasteiger partial charge on any atom is 0.135 e. The van der Waals surface area contributed by atoms with E-state index in [1.54, 1.807) is 6.07 Å². The van der Waals surface area contributed by atoms with Crippen molar-refractivity contribution in [3.05, 3.63) is 36.1 Å². The van der Waals surface area contributed by atoms with Gasteiger partial charge in [-0.2, -0.15) is 5.26 Å². The second-order valence-electron chi connectivity index (χ2n) is 3.78. The van der Waals surface area contributed by atoms with Crippen molar-refractivity contribution in [1.29, 1.82) is 5.26 Å². The van der Waals surface area contributed by atoms with Crippen molar-refractivity contribution < 1.29 is 9.52 Å².